The number of fused-ring (bicyclic) bond motifs is 1. The molecule has 2 rings (SSSR count). The van der Waals surface area contributed by atoms with Crippen molar-refractivity contribution in [3.63, 3.8) is 0 Å². The lowest BCUT2D eigenvalue weighted by molar-refractivity contribution is -0.118. The minimum atomic E-state index is -0.629. The first-order valence-corrected chi connectivity index (χ1v) is 6.34. The van der Waals surface area contributed by atoms with Crippen LogP contribution in [0.5, 0.6) is 11.5 Å². The van der Waals surface area contributed by atoms with Gasteiger partial charge in [-0.2, -0.15) is 5.26 Å². The summed E-state index contributed by atoms with van der Waals surface area (Å²) in [6.07, 6.45) is 1.33. The highest BCUT2D eigenvalue weighted by Crippen LogP contribution is 2.32. The fourth-order valence-corrected chi connectivity index (χ4v) is 1.81. The molecular weight excluding hydrogens is 244 g/mol. The summed E-state index contributed by atoms with van der Waals surface area (Å²) >= 11 is 0. The molecule has 1 atom stereocenters. The van der Waals surface area contributed by atoms with Crippen molar-refractivity contribution in [1.29, 1.82) is 5.26 Å². The third-order valence-corrected chi connectivity index (χ3v) is 2.90. The Morgan fingerprint density at radius 3 is 2.84 bits per heavy atom. The fourth-order valence-electron chi connectivity index (χ4n) is 1.81. The van der Waals surface area contributed by atoms with Crippen LogP contribution in [-0.4, -0.2) is 19.1 Å². The quantitative estimate of drug-likeness (QED) is 0.905. The Morgan fingerprint density at radius 2 is 2.16 bits per heavy atom. The van der Waals surface area contributed by atoms with E-state index in [9.17, 15) is 4.79 Å². The molecule has 0 aliphatic carbocycles. The van der Waals surface area contributed by atoms with Crippen molar-refractivity contribution in [3.8, 4) is 17.6 Å². The average molecular weight is 260 g/mol. The molecule has 1 amide bonds. The van der Waals surface area contributed by atoms with Gasteiger partial charge in [-0.3, -0.25) is 4.79 Å². The first kappa shape index (κ1) is 13.2. The number of rotatable bonds is 3. The summed E-state index contributed by atoms with van der Waals surface area (Å²) in [6, 6.07) is 7.21. The molecule has 0 radical (unpaired) electrons. The van der Waals surface area contributed by atoms with E-state index in [1.165, 1.54) is 0 Å². The van der Waals surface area contributed by atoms with E-state index in [2.05, 4.69) is 5.32 Å². The van der Waals surface area contributed by atoms with Crippen LogP contribution in [0, 0.1) is 17.2 Å². The molecule has 100 valence electrons. The van der Waals surface area contributed by atoms with Gasteiger partial charge in [0.2, 0.25) is 5.91 Å². The van der Waals surface area contributed by atoms with Crippen LogP contribution in [-0.2, 0) is 4.79 Å². The second-order valence-corrected chi connectivity index (χ2v) is 4.29. The Kier molecular flexibility index (Phi) is 4.24. The van der Waals surface area contributed by atoms with E-state index in [4.69, 9.17) is 14.7 Å². The first-order chi connectivity index (χ1) is 9.24. The molecule has 1 heterocycles. The highest BCUT2D eigenvalue weighted by atomic mass is 16.5. The number of anilines is 1. The lowest BCUT2D eigenvalue weighted by atomic mass is 10.1. The number of nitrogens with zero attached hydrogens (tertiary/aromatic N) is 1. The third-order valence-electron chi connectivity index (χ3n) is 2.90. The highest BCUT2D eigenvalue weighted by Gasteiger charge is 2.17. The smallest absolute Gasteiger partial charge is 0.241 e. The zero-order valence-electron chi connectivity index (χ0n) is 10.8. The molecule has 1 N–H and O–H groups in total. The Labute approximate surface area is 112 Å². The maximum atomic E-state index is 11.8. The second kappa shape index (κ2) is 6.10. The van der Waals surface area contributed by atoms with Crippen molar-refractivity contribution < 1.29 is 14.3 Å². The molecule has 0 fully saturated rings. The van der Waals surface area contributed by atoms with E-state index in [0.29, 0.717) is 36.8 Å². The van der Waals surface area contributed by atoms with Crippen molar-refractivity contribution in [2.45, 2.75) is 19.8 Å². The van der Waals surface area contributed by atoms with Crippen molar-refractivity contribution >= 4 is 11.6 Å². The largest absolute Gasteiger partial charge is 0.490 e. The van der Waals surface area contributed by atoms with Gasteiger partial charge in [-0.05, 0) is 18.6 Å². The van der Waals surface area contributed by atoms with Crippen LogP contribution in [0.3, 0.4) is 0 Å². The SMILES string of the molecule is CCC(C#N)C(=O)Nc1ccc2c(c1)OCCCO2. The van der Waals surface area contributed by atoms with Gasteiger partial charge < -0.3 is 14.8 Å². The number of nitrogens with one attached hydrogen (secondary N) is 1. The molecule has 1 unspecified atom stereocenters. The molecule has 1 aromatic carbocycles. The van der Waals surface area contributed by atoms with E-state index in [1.807, 2.05) is 6.07 Å². The third kappa shape index (κ3) is 3.16. The van der Waals surface area contributed by atoms with Gasteiger partial charge in [0.05, 0.1) is 19.3 Å². The Hall–Kier alpha value is -2.22. The molecule has 1 aliphatic heterocycles. The molecule has 1 aliphatic rings. The van der Waals surface area contributed by atoms with Crippen LogP contribution >= 0.6 is 0 Å². The van der Waals surface area contributed by atoms with Crippen molar-refractivity contribution in [3.05, 3.63) is 18.2 Å². The number of ether oxygens (including phenoxy) is 2. The predicted molar refractivity (Wildman–Crippen MR) is 70.1 cm³/mol. The van der Waals surface area contributed by atoms with Crippen LogP contribution in [0.4, 0.5) is 5.69 Å². The van der Waals surface area contributed by atoms with Crippen LogP contribution < -0.4 is 14.8 Å². The zero-order valence-corrected chi connectivity index (χ0v) is 10.8. The monoisotopic (exact) mass is 260 g/mol. The molecule has 1 aromatic rings. The van der Waals surface area contributed by atoms with Gasteiger partial charge in [-0.15, -0.1) is 0 Å². The molecule has 0 bridgehead atoms. The highest BCUT2D eigenvalue weighted by molar-refractivity contribution is 5.94. The minimum absolute atomic E-state index is 0.292. The van der Waals surface area contributed by atoms with Crippen LogP contribution in [0.25, 0.3) is 0 Å². The van der Waals surface area contributed by atoms with Gasteiger partial charge >= 0.3 is 0 Å². The number of carbonyl (C=O) groups is 1. The average Bonchev–Trinajstić information content (AvgIpc) is 2.64. The normalized spacial score (nSPS) is 14.9. The standard InChI is InChI=1S/C14H16N2O3/c1-2-10(9-15)14(17)16-11-4-5-12-13(8-11)19-7-3-6-18-12/h4-5,8,10H,2-3,6-7H2,1H3,(H,16,17). The van der Waals surface area contributed by atoms with Crippen LogP contribution in [0.2, 0.25) is 0 Å². The lowest BCUT2D eigenvalue weighted by Crippen LogP contribution is -2.20. The number of nitriles is 1. The maximum Gasteiger partial charge on any atom is 0.241 e. The van der Waals surface area contributed by atoms with Gasteiger partial charge in [-0.1, -0.05) is 6.92 Å². The second-order valence-electron chi connectivity index (χ2n) is 4.29. The summed E-state index contributed by atoms with van der Waals surface area (Å²) in [4.78, 5) is 11.8. The van der Waals surface area contributed by atoms with Gasteiger partial charge in [0, 0.05) is 18.2 Å². The Morgan fingerprint density at radius 1 is 1.42 bits per heavy atom. The van der Waals surface area contributed by atoms with Gasteiger partial charge in [0.15, 0.2) is 11.5 Å². The molecule has 5 nitrogen and oxygen atoms in total. The van der Waals surface area contributed by atoms with Crippen molar-refractivity contribution in [2.24, 2.45) is 5.92 Å². The van der Waals surface area contributed by atoms with E-state index < -0.39 is 5.92 Å². The fraction of sp³-hybridized carbons (Fsp3) is 0.429. The summed E-state index contributed by atoms with van der Waals surface area (Å²) < 4.78 is 11.1. The van der Waals surface area contributed by atoms with Gasteiger partial charge in [0.25, 0.3) is 0 Å². The van der Waals surface area contributed by atoms with Crippen LogP contribution in [0.1, 0.15) is 19.8 Å². The molecule has 19 heavy (non-hydrogen) atoms. The number of hydrogen-bond acceptors (Lipinski definition) is 4. The summed E-state index contributed by atoms with van der Waals surface area (Å²) in [5.74, 6) is 0.388. The Balaban J connectivity index is 2.12. The van der Waals surface area contributed by atoms with Crippen LogP contribution in [0.15, 0.2) is 18.2 Å². The molecule has 5 heteroatoms. The topological polar surface area (TPSA) is 71.4 Å². The number of benzene rings is 1. The molecule has 0 saturated heterocycles. The minimum Gasteiger partial charge on any atom is -0.490 e. The summed E-state index contributed by atoms with van der Waals surface area (Å²) in [5.41, 5.74) is 0.614. The van der Waals surface area contributed by atoms with Gasteiger partial charge in [-0.25, -0.2) is 0 Å². The Bertz CT molecular complexity index is 508. The maximum absolute atomic E-state index is 11.8. The number of carbonyl (C=O) groups excluding carboxylic acids is 1. The zero-order chi connectivity index (χ0) is 13.7. The summed E-state index contributed by atoms with van der Waals surface area (Å²) in [7, 11) is 0. The van der Waals surface area contributed by atoms with Crippen molar-refractivity contribution in [1.82, 2.24) is 0 Å². The first-order valence-electron chi connectivity index (χ1n) is 6.34. The molecule has 0 aromatic heterocycles. The van der Waals surface area contributed by atoms with E-state index in [0.717, 1.165) is 6.42 Å². The molecule has 0 saturated carbocycles. The summed E-state index contributed by atoms with van der Waals surface area (Å²) in [5, 5.41) is 11.6. The van der Waals surface area contributed by atoms with E-state index in [-0.39, 0.29) is 5.91 Å². The van der Waals surface area contributed by atoms with Crippen molar-refractivity contribution in [2.75, 3.05) is 18.5 Å². The number of hydrogen-bond donors (Lipinski definition) is 1. The lowest BCUT2D eigenvalue weighted by Gasteiger charge is -2.11. The van der Waals surface area contributed by atoms with Gasteiger partial charge in [0.1, 0.15) is 5.92 Å². The molecular formula is C14H16N2O3. The van der Waals surface area contributed by atoms with E-state index in [1.54, 1.807) is 25.1 Å². The van der Waals surface area contributed by atoms with E-state index >= 15 is 0 Å². The number of amides is 1. The summed E-state index contributed by atoms with van der Waals surface area (Å²) in [6.45, 7) is 3.03. The predicted octanol–water partition coefficient (Wildman–Crippen LogP) is 2.34. The molecule has 0 spiro atoms.